The van der Waals surface area contributed by atoms with Crippen molar-refractivity contribution < 1.29 is 19.1 Å². The quantitative estimate of drug-likeness (QED) is 0.681. The zero-order valence-corrected chi connectivity index (χ0v) is 17.8. The summed E-state index contributed by atoms with van der Waals surface area (Å²) in [5.41, 5.74) is 1.70. The van der Waals surface area contributed by atoms with Gasteiger partial charge in [0.15, 0.2) is 6.61 Å². The summed E-state index contributed by atoms with van der Waals surface area (Å²) in [5.74, 6) is -1.05. The van der Waals surface area contributed by atoms with Crippen molar-refractivity contribution in [2.45, 2.75) is 19.8 Å². The Morgan fingerprint density at radius 2 is 2.00 bits per heavy atom. The van der Waals surface area contributed by atoms with Crippen LogP contribution >= 0.6 is 27.3 Å². The van der Waals surface area contributed by atoms with Crippen LogP contribution in [0.25, 0.3) is 0 Å². The van der Waals surface area contributed by atoms with Gasteiger partial charge in [-0.15, -0.1) is 11.3 Å². The van der Waals surface area contributed by atoms with E-state index in [1.807, 2.05) is 30.5 Å². The van der Waals surface area contributed by atoms with Crippen LogP contribution in [-0.4, -0.2) is 42.4 Å². The highest BCUT2D eigenvalue weighted by Gasteiger charge is 2.29. The lowest BCUT2D eigenvalue weighted by Crippen LogP contribution is -2.40. The Balaban J connectivity index is 1.43. The van der Waals surface area contributed by atoms with Gasteiger partial charge in [-0.05, 0) is 64.8 Å². The number of nitrogens with one attached hydrogen (secondary N) is 1. The maximum absolute atomic E-state index is 12.3. The summed E-state index contributed by atoms with van der Waals surface area (Å²) in [4.78, 5) is 39.1. The number of nitrogens with zero attached hydrogens (tertiary/aromatic N) is 1. The standard InChI is InChI=1S/C20H21BrN2O4S/c1-13-4-5-16(15(21)11-13)22-18(24)12-27-20(26)14-6-8-23(9-7-14)19(25)17-3-2-10-28-17/h2-5,10-11,14H,6-9,12H2,1H3,(H,22,24). The van der Waals surface area contributed by atoms with Crippen LogP contribution in [0.1, 0.15) is 28.1 Å². The highest BCUT2D eigenvalue weighted by molar-refractivity contribution is 9.10. The van der Waals surface area contributed by atoms with E-state index in [1.165, 1.54) is 11.3 Å². The monoisotopic (exact) mass is 464 g/mol. The summed E-state index contributed by atoms with van der Waals surface area (Å²) >= 11 is 4.81. The Morgan fingerprint density at radius 1 is 1.25 bits per heavy atom. The topological polar surface area (TPSA) is 75.7 Å². The molecule has 0 aliphatic carbocycles. The average Bonchev–Trinajstić information content (AvgIpc) is 3.22. The van der Waals surface area contributed by atoms with Crippen molar-refractivity contribution in [3.63, 3.8) is 0 Å². The molecule has 148 valence electrons. The first-order chi connectivity index (χ1) is 13.4. The molecular weight excluding hydrogens is 444 g/mol. The molecule has 1 aliphatic heterocycles. The third-order valence-electron chi connectivity index (χ3n) is 4.59. The number of carbonyl (C=O) groups is 3. The van der Waals surface area contributed by atoms with Gasteiger partial charge in [-0.25, -0.2) is 0 Å². The molecule has 0 unspecified atom stereocenters. The molecule has 1 saturated heterocycles. The fourth-order valence-corrected chi connectivity index (χ4v) is 4.32. The number of hydrogen-bond donors (Lipinski definition) is 1. The number of rotatable bonds is 5. The number of hydrogen-bond acceptors (Lipinski definition) is 5. The second-order valence-electron chi connectivity index (χ2n) is 6.68. The van der Waals surface area contributed by atoms with Crippen molar-refractivity contribution in [1.29, 1.82) is 0 Å². The largest absolute Gasteiger partial charge is 0.455 e. The van der Waals surface area contributed by atoms with Gasteiger partial charge in [-0.2, -0.15) is 0 Å². The van der Waals surface area contributed by atoms with Gasteiger partial charge in [0.05, 0.1) is 16.5 Å². The lowest BCUT2D eigenvalue weighted by molar-refractivity contribution is -0.152. The fourth-order valence-electron chi connectivity index (χ4n) is 3.04. The number of piperidine rings is 1. The molecule has 0 spiro atoms. The van der Waals surface area contributed by atoms with E-state index in [0.717, 1.165) is 10.0 Å². The Morgan fingerprint density at radius 3 is 2.64 bits per heavy atom. The summed E-state index contributed by atoms with van der Waals surface area (Å²) in [7, 11) is 0. The van der Waals surface area contributed by atoms with Crippen LogP contribution in [-0.2, 0) is 14.3 Å². The smallest absolute Gasteiger partial charge is 0.309 e. The molecule has 3 rings (SSSR count). The minimum absolute atomic E-state index is 0.00451. The van der Waals surface area contributed by atoms with Gasteiger partial charge >= 0.3 is 5.97 Å². The summed E-state index contributed by atoms with van der Waals surface area (Å²) < 4.78 is 5.95. The molecule has 1 N–H and O–H groups in total. The molecule has 2 amide bonds. The van der Waals surface area contributed by atoms with Crippen LogP contribution in [0.5, 0.6) is 0 Å². The zero-order valence-electron chi connectivity index (χ0n) is 15.4. The molecule has 6 nitrogen and oxygen atoms in total. The van der Waals surface area contributed by atoms with Crippen molar-refractivity contribution in [2.75, 3.05) is 25.0 Å². The summed E-state index contributed by atoms with van der Waals surface area (Å²) in [5, 5.41) is 4.59. The molecule has 1 aromatic heterocycles. The van der Waals surface area contributed by atoms with E-state index in [9.17, 15) is 14.4 Å². The first-order valence-electron chi connectivity index (χ1n) is 8.99. The first kappa shape index (κ1) is 20.5. The van der Waals surface area contributed by atoms with E-state index < -0.39 is 0 Å². The molecule has 1 fully saturated rings. The molecule has 1 aromatic carbocycles. The molecular formula is C20H21BrN2O4S. The van der Waals surface area contributed by atoms with Gasteiger partial charge in [0.2, 0.25) is 0 Å². The maximum Gasteiger partial charge on any atom is 0.309 e. The second-order valence-corrected chi connectivity index (χ2v) is 8.48. The minimum atomic E-state index is -0.388. The van der Waals surface area contributed by atoms with Gasteiger partial charge < -0.3 is 15.0 Å². The molecule has 2 aromatic rings. The van der Waals surface area contributed by atoms with Gasteiger partial charge in [-0.1, -0.05) is 12.1 Å². The number of aryl methyl sites for hydroxylation is 1. The number of thiophene rings is 1. The SMILES string of the molecule is Cc1ccc(NC(=O)COC(=O)C2CCN(C(=O)c3cccs3)CC2)c(Br)c1. The fraction of sp³-hybridized carbons (Fsp3) is 0.350. The molecule has 0 atom stereocenters. The van der Waals surface area contributed by atoms with Crippen molar-refractivity contribution in [1.82, 2.24) is 4.90 Å². The number of carbonyl (C=O) groups excluding carboxylic acids is 3. The Kier molecular flexibility index (Phi) is 6.85. The van der Waals surface area contributed by atoms with E-state index >= 15 is 0 Å². The van der Waals surface area contributed by atoms with Gasteiger partial charge in [-0.3, -0.25) is 14.4 Å². The number of benzene rings is 1. The second kappa shape index (κ2) is 9.34. The number of likely N-dealkylation sites (tertiary alicyclic amines) is 1. The van der Waals surface area contributed by atoms with Crippen molar-refractivity contribution in [3.05, 3.63) is 50.6 Å². The number of esters is 1. The van der Waals surface area contributed by atoms with E-state index in [2.05, 4.69) is 21.2 Å². The molecule has 1 aliphatic rings. The third kappa shape index (κ3) is 5.20. The molecule has 0 radical (unpaired) electrons. The Labute approximate surface area is 176 Å². The van der Waals surface area contributed by atoms with Crippen LogP contribution in [0.15, 0.2) is 40.2 Å². The van der Waals surface area contributed by atoms with Crippen LogP contribution in [0, 0.1) is 12.8 Å². The Bertz CT molecular complexity index is 861. The number of anilines is 1. The Hall–Kier alpha value is -2.19. The van der Waals surface area contributed by atoms with Crippen LogP contribution in [0.3, 0.4) is 0 Å². The van der Waals surface area contributed by atoms with E-state index in [1.54, 1.807) is 17.0 Å². The van der Waals surface area contributed by atoms with Crippen LogP contribution < -0.4 is 5.32 Å². The minimum Gasteiger partial charge on any atom is -0.455 e. The normalized spacial score (nSPS) is 14.6. The molecule has 0 bridgehead atoms. The summed E-state index contributed by atoms with van der Waals surface area (Å²) in [6.45, 7) is 2.66. The predicted molar refractivity (Wildman–Crippen MR) is 111 cm³/mol. The van der Waals surface area contributed by atoms with E-state index in [4.69, 9.17) is 4.74 Å². The number of amides is 2. The van der Waals surface area contributed by atoms with Crippen molar-refractivity contribution >= 4 is 50.7 Å². The molecule has 28 heavy (non-hydrogen) atoms. The van der Waals surface area contributed by atoms with E-state index in [0.29, 0.717) is 36.5 Å². The maximum atomic E-state index is 12.3. The zero-order chi connectivity index (χ0) is 20.1. The number of halogens is 1. The predicted octanol–water partition coefficient (Wildman–Crippen LogP) is 3.85. The van der Waals surface area contributed by atoms with E-state index in [-0.39, 0.29) is 30.3 Å². The average molecular weight is 465 g/mol. The van der Waals surface area contributed by atoms with Gasteiger partial charge in [0, 0.05) is 17.6 Å². The molecule has 0 saturated carbocycles. The summed E-state index contributed by atoms with van der Waals surface area (Å²) in [6.07, 6.45) is 1.09. The van der Waals surface area contributed by atoms with Gasteiger partial charge in [0.1, 0.15) is 0 Å². The lowest BCUT2D eigenvalue weighted by atomic mass is 9.97. The van der Waals surface area contributed by atoms with Crippen molar-refractivity contribution in [3.8, 4) is 0 Å². The first-order valence-corrected chi connectivity index (χ1v) is 10.7. The van der Waals surface area contributed by atoms with Crippen molar-refractivity contribution in [2.24, 2.45) is 5.92 Å². The summed E-state index contributed by atoms with van der Waals surface area (Å²) in [6, 6.07) is 9.23. The third-order valence-corrected chi connectivity index (χ3v) is 6.11. The highest BCUT2D eigenvalue weighted by Crippen LogP contribution is 2.24. The molecule has 8 heteroatoms. The molecule has 2 heterocycles. The number of ether oxygens (including phenoxy) is 1. The van der Waals surface area contributed by atoms with Gasteiger partial charge in [0.25, 0.3) is 11.8 Å². The highest BCUT2D eigenvalue weighted by atomic mass is 79.9. The lowest BCUT2D eigenvalue weighted by Gasteiger charge is -2.30. The van der Waals surface area contributed by atoms with Crippen LogP contribution in [0.2, 0.25) is 0 Å². The van der Waals surface area contributed by atoms with Crippen LogP contribution in [0.4, 0.5) is 5.69 Å².